The molecule has 0 spiro atoms. The van der Waals surface area contributed by atoms with Crippen molar-refractivity contribution in [2.24, 2.45) is 11.8 Å². The Kier molecular flexibility index (Phi) is 4.90. The molecular weight excluding hydrogens is 346 g/mol. The number of esters is 1. The zero-order valence-electron chi connectivity index (χ0n) is 13.8. The van der Waals surface area contributed by atoms with Gasteiger partial charge in [0.05, 0.1) is 4.92 Å². The van der Waals surface area contributed by atoms with Crippen molar-refractivity contribution >= 4 is 29.0 Å². The first-order valence-electron chi connectivity index (χ1n) is 8.31. The van der Waals surface area contributed by atoms with Gasteiger partial charge in [0.15, 0.2) is 5.78 Å². The molecule has 1 aromatic carbocycles. The molecule has 1 fully saturated rings. The Hall–Kier alpha value is -2.21. The average molecular weight is 364 g/mol. The molecule has 0 aliphatic heterocycles. The first kappa shape index (κ1) is 17.6. The van der Waals surface area contributed by atoms with E-state index in [4.69, 9.17) is 16.3 Å². The second-order valence-corrected chi connectivity index (χ2v) is 6.88. The van der Waals surface area contributed by atoms with Crippen LogP contribution in [0, 0.1) is 22.0 Å². The van der Waals surface area contributed by atoms with E-state index in [0.717, 1.165) is 12.8 Å². The lowest BCUT2D eigenvalue weighted by molar-refractivity contribution is -0.385. The van der Waals surface area contributed by atoms with E-state index in [0.29, 0.717) is 23.3 Å². The van der Waals surface area contributed by atoms with Gasteiger partial charge in [-0.3, -0.25) is 19.7 Å². The molecule has 25 heavy (non-hydrogen) atoms. The van der Waals surface area contributed by atoms with Crippen LogP contribution in [0.15, 0.2) is 29.5 Å². The number of halogens is 1. The largest absolute Gasteiger partial charge is 0.430 e. The number of Topliss-reactive ketones (excluding diaryl/α,β-unsaturated/α-hetero) is 1. The molecule has 2 aliphatic carbocycles. The summed E-state index contributed by atoms with van der Waals surface area (Å²) in [5.74, 6) is -0.0713. The molecule has 0 aromatic heterocycles. The van der Waals surface area contributed by atoms with E-state index >= 15 is 0 Å². The minimum atomic E-state index is -0.512. The average Bonchev–Trinajstić information content (AvgIpc) is 3.03. The van der Waals surface area contributed by atoms with Crippen LogP contribution in [0.4, 0.5) is 5.69 Å². The number of nitro benzene ring substituents is 1. The molecule has 0 amide bonds. The third-order valence-electron chi connectivity index (χ3n) is 4.89. The fourth-order valence-electron chi connectivity index (χ4n) is 3.63. The van der Waals surface area contributed by atoms with Crippen molar-refractivity contribution in [3.8, 4) is 0 Å². The summed E-state index contributed by atoms with van der Waals surface area (Å²) in [6, 6.07) is 4.39. The summed E-state index contributed by atoms with van der Waals surface area (Å²) in [6.45, 7) is 1.69. The van der Waals surface area contributed by atoms with Gasteiger partial charge in [-0.15, -0.1) is 0 Å². The normalized spacial score (nSPS) is 22.2. The van der Waals surface area contributed by atoms with Crippen LogP contribution in [0.1, 0.15) is 38.2 Å². The fourth-order valence-corrected chi connectivity index (χ4v) is 3.80. The molecule has 3 rings (SSSR count). The Morgan fingerprint density at radius 2 is 2.08 bits per heavy atom. The Labute approximate surface area is 150 Å². The lowest BCUT2D eigenvalue weighted by Gasteiger charge is -2.24. The van der Waals surface area contributed by atoms with Crippen molar-refractivity contribution in [1.82, 2.24) is 0 Å². The van der Waals surface area contributed by atoms with Crippen molar-refractivity contribution in [3.05, 3.63) is 50.2 Å². The molecule has 0 heterocycles. The number of nitrogens with zero attached hydrogens (tertiary/aromatic N) is 1. The highest BCUT2D eigenvalue weighted by Crippen LogP contribution is 2.45. The van der Waals surface area contributed by atoms with Gasteiger partial charge in [0.25, 0.3) is 5.69 Å². The number of ketones is 1. The summed E-state index contributed by atoms with van der Waals surface area (Å²) in [5.41, 5.74) is 0.655. The van der Waals surface area contributed by atoms with Crippen molar-refractivity contribution < 1.29 is 19.2 Å². The number of ether oxygens (including phenoxy) is 1. The van der Waals surface area contributed by atoms with E-state index in [2.05, 4.69) is 0 Å². The lowest BCUT2D eigenvalue weighted by atomic mass is 9.83. The van der Waals surface area contributed by atoms with E-state index in [1.54, 1.807) is 19.1 Å². The van der Waals surface area contributed by atoms with Crippen molar-refractivity contribution in [2.45, 2.75) is 39.0 Å². The van der Waals surface area contributed by atoms with Gasteiger partial charge in [-0.05, 0) is 25.3 Å². The SMILES string of the molecule is CCC(=O)OC1=C(Cc2ccc(Cl)cc2[N+](=O)[O-])C(=O)C2CCC1C2. The number of benzene rings is 1. The summed E-state index contributed by atoms with van der Waals surface area (Å²) in [4.78, 5) is 35.3. The minimum Gasteiger partial charge on any atom is -0.430 e. The van der Waals surface area contributed by atoms with Gasteiger partial charge in [-0.25, -0.2) is 0 Å². The first-order valence-corrected chi connectivity index (χ1v) is 8.69. The third-order valence-corrected chi connectivity index (χ3v) is 5.13. The topological polar surface area (TPSA) is 86.5 Å². The van der Waals surface area contributed by atoms with E-state index in [9.17, 15) is 19.7 Å². The third kappa shape index (κ3) is 3.44. The Morgan fingerprint density at radius 1 is 1.36 bits per heavy atom. The molecule has 1 aromatic rings. The number of rotatable bonds is 5. The van der Waals surface area contributed by atoms with Crippen molar-refractivity contribution in [1.29, 1.82) is 0 Å². The van der Waals surface area contributed by atoms with Crippen LogP contribution in [0.5, 0.6) is 0 Å². The van der Waals surface area contributed by atoms with Gasteiger partial charge in [-0.2, -0.15) is 0 Å². The summed E-state index contributed by atoms with van der Waals surface area (Å²) in [6.07, 6.45) is 2.54. The standard InChI is InChI=1S/C18H18ClNO5/c1-2-16(21)25-18-12-4-3-11(7-12)17(22)14(18)8-10-5-6-13(19)9-15(10)20(23)24/h5-6,9,11-12H,2-4,7-8H2,1H3. The smallest absolute Gasteiger partial charge is 0.310 e. The Balaban J connectivity index is 2.02. The molecule has 0 saturated heterocycles. The molecule has 132 valence electrons. The number of nitro groups is 1. The van der Waals surface area contributed by atoms with Crippen LogP contribution >= 0.6 is 11.6 Å². The van der Waals surface area contributed by atoms with Crippen molar-refractivity contribution in [3.63, 3.8) is 0 Å². The summed E-state index contributed by atoms with van der Waals surface area (Å²) >= 11 is 5.85. The maximum Gasteiger partial charge on any atom is 0.310 e. The molecule has 6 nitrogen and oxygen atoms in total. The van der Waals surface area contributed by atoms with Gasteiger partial charge >= 0.3 is 5.97 Å². The lowest BCUT2D eigenvalue weighted by Crippen LogP contribution is -2.26. The highest BCUT2D eigenvalue weighted by Gasteiger charge is 2.42. The summed E-state index contributed by atoms with van der Waals surface area (Å²) < 4.78 is 5.47. The van der Waals surface area contributed by atoms with Gasteiger partial charge in [0.2, 0.25) is 0 Å². The van der Waals surface area contributed by atoms with Crippen LogP contribution < -0.4 is 0 Å². The highest BCUT2D eigenvalue weighted by atomic mass is 35.5. The number of fused-ring (bicyclic) bond motifs is 2. The van der Waals surface area contributed by atoms with Crippen LogP contribution in [-0.4, -0.2) is 16.7 Å². The van der Waals surface area contributed by atoms with E-state index in [-0.39, 0.29) is 41.2 Å². The number of hydrogen-bond donors (Lipinski definition) is 0. The predicted octanol–water partition coefficient (Wildman–Crippen LogP) is 4.00. The second kappa shape index (κ2) is 6.96. The van der Waals surface area contributed by atoms with Crippen LogP contribution in [0.25, 0.3) is 0 Å². The number of hydrogen-bond acceptors (Lipinski definition) is 5. The fraction of sp³-hybridized carbons (Fsp3) is 0.444. The zero-order valence-corrected chi connectivity index (χ0v) is 14.5. The van der Waals surface area contributed by atoms with Crippen molar-refractivity contribution in [2.75, 3.05) is 0 Å². The molecule has 0 N–H and O–H groups in total. The van der Waals surface area contributed by atoms with E-state index < -0.39 is 10.9 Å². The minimum absolute atomic E-state index is 0.0413. The van der Waals surface area contributed by atoms with Crippen LogP contribution in [0.2, 0.25) is 5.02 Å². The molecule has 2 bridgehead atoms. The van der Waals surface area contributed by atoms with E-state index in [1.165, 1.54) is 6.07 Å². The van der Waals surface area contributed by atoms with Gasteiger partial charge in [-0.1, -0.05) is 24.6 Å². The monoisotopic (exact) mass is 363 g/mol. The Morgan fingerprint density at radius 3 is 2.76 bits per heavy atom. The van der Waals surface area contributed by atoms with Crippen LogP contribution in [0.3, 0.4) is 0 Å². The maximum atomic E-state index is 12.8. The molecule has 7 heteroatoms. The number of carbonyl (C=O) groups is 2. The molecular formula is C18H18ClNO5. The van der Waals surface area contributed by atoms with E-state index in [1.807, 2.05) is 0 Å². The predicted molar refractivity (Wildman–Crippen MR) is 91.1 cm³/mol. The van der Waals surface area contributed by atoms with Gasteiger partial charge < -0.3 is 4.74 Å². The number of carbonyl (C=O) groups excluding carboxylic acids is 2. The summed E-state index contributed by atoms with van der Waals surface area (Å²) in [5, 5.41) is 11.6. The quantitative estimate of drug-likeness (QED) is 0.448. The second-order valence-electron chi connectivity index (χ2n) is 6.45. The molecule has 1 saturated carbocycles. The molecule has 2 aliphatic rings. The first-order chi connectivity index (χ1) is 11.9. The van der Waals surface area contributed by atoms with Gasteiger partial charge in [0, 0.05) is 46.9 Å². The maximum absolute atomic E-state index is 12.8. The number of allylic oxidation sites excluding steroid dienone is 2. The molecule has 0 radical (unpaired) electrons. The summed E-state index contributed by atoms with van der Waals surface area (Å²) in [7, 11) is 0. The van der Waals surface area contributed by atoms with Gasteiger partial charge in [0.1, 0.15) is 5.76 Å². The highest BCUT2D eigenvalue weighted by molar-refractivity contribution is 6.30. The Bertz CT molecular complexity index is 786. The molecule has 2 atom stereocenters. The zero-order chi connectivity index (χ0) is 18.1. The van der Waals surface area contributed by atoms with Crippen LogP contribution in [-0.2, 0) is 20.7 Å². The molecule has 2 unspecified atom stereocenters.